The molecule has 1 aliphatic heterocycles. The Morgan fingerprint density at radius 3 is 2.60 bits per heavy atom. The van der Waals surface area contributed by atoms with Crippen LogP contribution in [0.3, 0.4) is 0 Å². The average molecular weight is 551 g/mol. The number of aromatic nitrogens is 4. The number of Topliss-reactive ketones (excluding diaryl/α,β-unsaturated/α-hetero) is 1. The maximum atomic E-state index is 13.7. The molecule has 0 saturated carbocycles. The standard InChI is InChI=1S/C26H21F3N8O3/c1-35-23(17-7-6-14(12-30)10-18(17)24(39)31-13-21-32-33-34-36(21)2)22-19(8-9-20(22)38)37(25(35)40)16-5-3-4-15(11-16)26(27,28)29/h3-7,10-11,23H,8-9,13H2,1-2H3,(H,31,39). The van der Waals surface area contributed by atoms with Crippen LogP contribution >= 0.6 is 0 Å². The Morgan fingerprint density at radius 1 is 1.15 bits per heavy atom. The van der Waals surface area contributed by atoms with Crippen molar-refractivity contribution in [2.24, 2.45) is 7.05 Å². The molecule has 1 atom stereocenters. The van der Waals surface area contributed by atoms with E-state index in [0.29, 0.717) is 5.82 Å². The maximum absolute atomic E-state index is 13.7. The number of aryl methyl sites for hydroxylation is 1. The summed E-state index contributed by atoms with van der Waals surface area (Å²) in [6.45, 7) is -0.0335. The fraction of sp³-hybridized carbons (Fsp3) is 0.269. The van der Waals surface area contributed by atoms with E-state index < -0.39 is 29.7 Å². The predicted molar refractivity (Wildman–Crippen MR) is 132 cm³/mol. The lowest BCUT2D eigenvalue weighted by Crippen LogP contribution is -2.48. The molecule has 2 heterocycles. The highest BCUT2D eigenvalue weighted by molar-refractivity contribution is 6.09. The van der Waals surface area contributed by atoms with Gasteiger partial charge >= 0.3 is 12.2 Å². The van der Waals surface area contributed by atoms with E-state index >= 15 is 0 Å². The second-order valence-corrected chi connectivity index (χ2v) is 9.28. The van der Waals surface area contributed by atoms with Crippen molar-refractivity contribution >= 4 is 23.4 Å². The summed E-state index contributed by atoms with van der Waals surface area (Å²) >= 11 is 0. The molecule has 2 aromatic carbocycles. The third kappa shape index (κ3) is 4.55. The van der Waals surface area contributed by atoms with E-state index in [2.05, 4.69) is 20.8 Å². The Hall–Kier alpha value is -5.06. The van der Waals surface area contributed by atoms with Gasteiger partial charge in [-0.05, 0) is 52.7 Å². The van der Waals surface area contributed by atoms with Crippen molar-refractivity contribution in [1.29, 1.82) is 5.26 Å². The van der Waals surface area contributed by atoms with Gasteiger partial charge in [-0.2, -0.15) is 18.4 Å². The Balaban J connectivity index is 1.60. The minimum Gasteiger partial charge on any atom is -0.345 e. The number of alkyl halides is 3. The van der Waals surface area contributed by atoms with Crippen molar-refractivity contribution in [3.63, 3.8) is 0 Å². The van der Waals surface area contributed by atoms with Crippen LogP contribution in [0.1, 0.15) is 51.8 Å². The number of tetrazole rings is 1. The highest BCUT2D eigenvalue weighted by Gasteiger charge is 2.46. The van der Waals surface area contributed by atoms with E-state index in [1.807, 2.05) is 6.07 Å². The number of ketones is 1. The quantitative estimate of drug-likeness (QED) is 0.515. The number of rotatable bonds is 5. The molecule has 11 nitrogen and oxygen atoms in total. The maximum Gasteiger partial charge on any atom is 0.416 e. The number of likely N-dealkylation sites (N-methyl/N-ethyl adjacent to an activating group) is 1. The van der Waals surface area contributed by atoms with Gasteiger partial charge in [0, 0.05) is 37.3 Å². The number of anilines is 1. The van der Waals surface area contributed by atoms with E-state index in [4.69, 9.17) is 0 Å². The van der Waals surface area contributed by atoms with Crippen LogP contribution in [0.5, 0.6) is 0 Å². The van der Waals surface area contributed by atoms with E-state index in [1.165, 1.54) is 47.0 Å². The third-order valence-electron chi connectivity index (χ3n) is 6.89. The molecule has 1 unspecified atom stereocenters. The Morgan fingerprint density at radius 2 is 1.93 bits per heavy atom. The van der Waals surface area contributed by atoms with Gasteiger partial charge in [0.05, 0.1) is 35.5 Å². The van der Waals surface area contributed by atoms with Crippen molar-refractivity contribution in [2.45, 2.75) is 31.6 Å². The van der Waals surface area contributed by atoms with Crippen LogP contribution in [0, 0.1) is 11.3 Å². The summed E-state index contributed by atoms with van der Waals surface area (Å²) in [7, 11) is 3.01. The van der Waals surface area contributed by atoms with Crippen LogP contribution in [0.4, 0.5) is 23.7 Å². The van der Waals surface area contributed by atoms with Crippen molar-refractivity contribution in [3.8, 4) is 6.07 Å². The summed E-state index contributed by atoms with van der Waals surface area (Å²) < 4.78 is 41.7. The van der Waals surface area contributed by atoms with Gasteiger partial charge in [-0.1, -0.05) is 12.1 Å². The molecular weight excluding hydrogens is 529 g/mol. The summed E-state index contributed by atoms with van der Waals surface area (Å²) in [4.78, 5) is 42.6. The molecule has 2 aliphatic rings. The minimum absolute atomic E-state index is 0.0255. The Labute approximate surface area is 225 Å². The Kier molecular flexibility index (Phi) is 6.58. The molecule has 0 radical (unpaired) electrons. The average Bonchev–Trinajstić information content (AvgIpc) is 3.52. The molecule has 204 valence electrons. The summed E-state index contributed by atoms with van der Waals surface area (Å²) in [6.07, 6.45) is -4.44. The molecule has 0 saturated heterocycles. The molecule has 1 aromatic heterocycles. The zero-order chi connectivity index (χ0) is 28.8. The molecule has 0 spiro atoms. The first-order valence-corrected chi connectivity index (χ1v) is 12.0. The number of allylic oxidation sites excluding steroid dienone is 1. The number of halogens is 3. The summed E-state index contributed by atoms with van der Waals surface area (Å²) in [5.41, 5.74) is 0.0408. The lowest BCUT2D eigenvalue weighted by Gasteiger charge is -2.41. The zero-order valence-electron chi connectivity index (χ0n) is 21.2. The largest absolute Gasteiger partial charge is 0.416 e. The van der Waals surface area contributed by atoms with E-state index in [-0.39, 0.29) is 58.8 Å². The molecular formula is C26H21F3N8O3. The number of nitrogens with zero attached hydrogens (tertiary/aromatic N) is 7. The van der Waals surface area contributed by atoms with Crippen LogP contribution in [0.2, 0.25) is 0 Å². The van der Waals surface area contributed by atoms with Crippen molar-refractivity contribution in [3.05, 3.63) is 81.8 Å². The first-order valence-electron chi connectivity index (χ1n) is 12.0. The normalized spacial score (nSPS) is 17.2. The highest BCUT2D eigenvalue weighted by atomic mass is 19.4. The van der Waals surface area contributed by atoms with Crippen LogP contribution in [0.25, 0.3) is 0 Å². The molecule has 0 bridgehead atoms. The topological polar surface area (TPSA) is 137 Å². The molecule has 3 amide bonds. The lowest BCUT2D eigenvalue weighted by atomic mass is 9.89. The van der Waals surface area contributed by atoms with Gasteiger partial charge in [-0.25, -0.2) is 9.48 Å². The van der Waals surface area contributed by atoms with E-state index in [1.54, 1.807) is 7.05 Å². The van der Waals surface area contributed by atoms with Crippen LogP contribution in [-0.2, 0) is 24.6 Å². The van der Waals surface area contributed by atoms with Crippen molar-refractivity contribution in [1.82, 2.24) is 30.4 Å². The lowest BCUT2D eigenvalue weighted by molar-refractivity contribution is -0.137. The molecule has 0 fully saturated rings. The fourth-order valence-electron chi connectivity index (χ4n) is 4.95. The van der Waals surface area contributed by atoms with Crippen LogP contribution in [-0.4, -0.2) is 49.9 Å². The number of nitriles is 1. The third-order valence-corrected chi connectivity index (χ3v) is 6.89. The number of urea groups is 1. The summed E-state index contributed by atoms with van der Waals surface area (Å²) in [6, 6.07) is 8.96. The molecule has 40 heavy (non-hydrogen) atoms. The highest BCUT2D eigenvalue weighted by Crippen LogP contribution is 2.45. The number of hydrogen-bond donors (Lipinski definition) is 1. The monoisotopic (exact) mass is 550 g/mol. The molecule has 5 rings (SSSR count). The molecule has 3 aromatic rings. The van der Waals surface area contributed by atoms with Crippen molar-refractivity contribution < 1.29 is 27.6 Å². The van der Waals surface area contributed by atoms with Gasteiger partial charge in [0.2, 0.25) is 0 Å². The number of benzene rings is 2. The SMILES string of the molecule is CN1C(=O)N(c2cccc(C(F)(F)F)c2)C2=C(C(=O)CC2)C1c1ccc(C#N)cc1C(=O)NCc1nnnn1C. The van der Waals surface area contributed by atoms with Gasteiger partial charge in [-0.15, -0.1) is 5.10 Å². The number of hydrogen-bond acceptors (Lipinski definition) is 7. The first kappa shape index (κ1) is 26.5. The summed E-state index contributed by atoms with van der Waals surface area (Å²) in [5, 5.41) is 23.2. The van der Waals surface area contributed by atoms with Gasteiger partial charge in [-0.3, -0.25) is 14.5 Å². The van der Waals surface area contributed by atoms with Gasteiger partial charge in [0.25, 0.3) is 5.91 Å². The fourth-order valence-corrected chi connectivity index (χ4v) is 4.95. The Bertz CT molecular complexity index is 1620. The minimum atomic E-state index is -4.63. The number of amides is 3. The number of carbonyl (C=O) groups is 3. The predicted octanol–water partition coefficient (Wildman–Crippen LogP) is 3.26. The second kappa shape index (κ2) is 9.92. The van der Waals surface area contributed by atoms with E-state index in [0.717, 1.165) is 17.0 Å². The van der Waals surface area contributed by atoms with E-state index in [9.17, 15) is 32.8 Å². The molecule has 14 heteroatoms. The number of carbonyl (C=O) groups excluding carboxylic acids is 3. The second-order valence-electron chi connectivity index (χ2n) is 9.28. The first-order chi connectivity index (χ1) is 19.0. The van der Waals surface area contributed by atoms with Gasteiger partial charge in [0.15, 0.2) is 11.6 Å². The van der Waals surface area contributed by atoms with Crippen LogP contribution in [0.15, 0.2) is 53.7 Å². The molecule has 1 aliphatic carbocycles. The molecule has 1 N–H and O–H groups in total. The summed E-state index contributed by atoms with van der Waals surface area (Å²) in [5.74, 6) is -0.523. The van der Waals surface area contributed by atoms with Crippen LogP contribution < -0.4 is 10.2 Å². The zero-order valence-corrected chi connectivity index (χ0v) is 21.2. The van der Waals surface area contributed by atoms with Gasteiger partial charge in [0.1, 0.15) is 0 Å². The number of nitrogens with one attached hydrogen (secondary N) is 1. The van der Waals surface area contributed by atoms with Crippen molar-refractivity contribution in [2.75, 3.05) is 11.9 Å². The van der Waals surface area contributed by atoms with Gasteiger partial charge < -0.3 is 10.2 Å². The smallest absolute Gasteiger partial charge is 0.345 e.